The molecule has 0 aliphatic heterocycles. The van der Waals surface area contributed by atoms with Crippen LogP contribution < -0.4 is 10.5 Å². The van der Waals surface area contributed by atoms with Crippen LogP contribution >= 0.6 is 0 Å². The molecule has 5 nitrogen and oxygen atoms in total. The third-order valence-corrected chi connectivity index (χ3v) is 6.54. The van der Waals surface area contributed by atoms with E-state index in [-0.39, 0.29) is 11.4 Å². The zero-order chi connectivity index (χ0) is 19.7. The molecule has 7 heteroatoms. The molecule has 0 radical (unpaired) electrons. The van der Waals surface area contributed by atoms with E-state index in [4.69, 9.17) is 5.73 Å². The van der Waals surface area contributed by atoms with Gasteiger partial charge in [-0.1, -0.05) is 18.2 Å². The Balaban J connectivity index is 1.66. The lowest BCUT2D eigenvalue weighted by molar-refractivity contribution is 0.248. The van der Waals surface area contributed by atoms with Crippen LogP contribution in [-0.4, -0.2) is 20.1 Å². The van der Waals surface area contributed by atoms with Gasteiger partial charge in [0.15, 0.2) is 4.90 Å². The fourth-order valence-electron chi connectivity index (χ4n) is 3.32. The fraction of sp³-hybridized carbons (Fsp3) is 0.238. The molecule has 1 aliphatic rings. The SMILES string of the molecule is CC1(N[S+]([O-])c2ccccc2-c2ccc(-c3cnc(N)cn3)c(F)c2)CCC1. The number of halogens is 1. The lowest BCUT2D eigenvalue weighted by Gasteiger charge is -2.38. The standard InChI is InChI=1S/C21H21FN4OS/c1-21(9-4-10-21)26-28(27)19-6-3-2-5-15(19)14-7-8-16(17(22)11-14)18-12-25-20(23)13-24-18/h2-3,5-8,11-13,26H,4,9-10H2,1H3,(H2,23,25). The highest BCUT2D eigenvalue weighted by molar-refractivity contribution is 7.89. The van der Waals surface area contributed by atoms with E-state index in [0.29, 0.717) is 21.7 Å². The van der Waals surface area contributed by atoms with E-state index in [0.717, 1.165) is 24.8 Å². The minimum Gasteiger partial charge on any atom is -0.593 e. The molecule has 1 unspecified atom stereocenters. The van der Waals surface area contributed by atoms with Crippen molar-refractivity contribution in [1.29, 1.82) is 0 Å². The second kappa shape index (κ2) is 7.50. The van der Waals surface area contributed by atoms with Gasteiger partial charge in [-0.05, 0) is 56.0 Å². The highest BCUT2D eigenvalue weighted by Crippen LogP contribution is 2.35. The van der Waals surface area contributed by atoms with Crippen LogP contribution in [0.15, 0.2) is 59.8 Å². The number of aromatic nitrogens is 2. The molecule has 1 saturated carbocycles. The lowest BCUT2D eigenvalue weighted by atomic mass is 9.80. The summed E-state index contributed by atoms with van der Waals surface area (Å²) >= 11 is -1.37. The first-order chi connectivity index (χ1) is 13.5. The monoisotopic (exact) mass is 396 g/mol. The summed E-state index contributed by atoms with van der Waals surface area (Å²) in [7, 11) is 0. The van der Waals surface area contributed by atoms with Crippen molar-refractivity contribution in [2.75, 3.05) is 5.73 Å². The Hall–Kier alpha value is -2.48. The average Bonchev–Trinajstić information content (AvgIpc) is 2.67. The minimum absolute atomic E-state index is 0.0963. The third kappa shape index (κ3) is 3.73. The van der Waals surface area contributed by atoms with Crippen molar-refractivity contribution in [3.63, 3.8) is 0 Å². The number of nitrogens with one attached hydrogen (secondary N) is 1. The molecule has 28 heavy (non-hydrogen) atoms. The number of hydrogen-bond donors (Lipinski definition) is 2. The predicted molar refractivity (Wildman–Crippen MR) is 109 cm³/mol. The third-order valence-electron chi connectivity index (χ3n) is 5.11. The quantitative estimate of drug-likeness (QED) is 0.635. The molecule has 1 aliphatic carbocycles. The van der Waals surface area contributed by atoms with E-state index in [1.54, 1.807) is 12.1 Å². The molecule has 0 spiro atoms. The van der Waals surface area contributed by atoms with Gasteiger partial charge in [-0.25, -0.2) is 9.37 Å². The maximum Gasteiger partial charge on any atom is 0.181 e. The van der Waals surface area contributed by atoms with Crippen molar-refractivity contribution in [1.82, 2.24) is 14.7 Å². The van der Waals surface area contributed by atoms with E-state index < -0.39 is 17.2 Å². The summed E-state index contributed by atoms with van der Waals surface area (Å²) in [5.41, 5.74) is 7.60. The maximum absolute atomic E-state index is 14.8. The van der Waals surface area contributed by atoms with Crippen molar-refractivity contribution >= 4 is 17.2 Å². The van der Waals surface area contributed by atoms with Crippen LogP contribution in [0.25, 0.3) is 22.4 Å². The largest absolute Gasteiger partial charge is 0.593 e. The molecule has 2 aromatic carbocycles. The van der Waals surface area contributed by atoms with Gasteiger partial charge in [0.05, 0.1) is 35.0 Å². The number of nitrogens with zero attached hydrogens (tertiary/aromatic N) is 2. The molecule has 0 amide bonds. The summed E-state index contributed by atoms with van der Waals surface area (Å²) < 4.78 is 31.0. The van der Waals surface area contributed by atoms with Gasteiger partial charge in [0.25, 0.3) is 0 Å². The molecule has 0 bridgehead atoms. The second-order valence-electron chi connectivity index (χ2n) is 7.30. The number of nitrogens with two attached hydrogens (primary N) is 1. The number of benzene rings is 2. The van der Waals surface area contributed by atoms with E-state index in [1.807, 2.05) is 24.3 Å². The first-order valence-electron chi connectivity index (χ1n) is 9.12. The van der Waals surface area contributed by atoms with Gasteiger partial charge in [-0.2, -0.15) is 0 Å². The summed E-state index contributed by atoms with van der Waals surface area (Å²) in [5.74, 6) is -0.138. The summed E-state index contributed by atoms with van der Waals surface area (Å²) in [6, 6.07) is 12.3. The van der Waals surface area contributed by atoms with Crippen LogP contribution in [0.3, 0.4) is 0 Å². The Morgan fingerprint density at radius 1 is 1.11 bits per heavy atom. The maximum atomic E-state index is 14.8. The minimum atomic E-state index is -1.37. The molecular weight excluding hydrogens is 375 g/mol. The first-order valence-corrected chi connectivity index (χ1v) is 10.3. The highest BCUT2D eigenvalue weighted by atomic mass is 32.2. The van der Waals surface area contributed by atoms with Crippen LogP contribution in [0, 0.1) is 5.82 Å². The molecule has 3 aromatic rings. The van der Waals surface area contributed by atoms with E-state index in [1.165, 1.54) is 18.5 Å². The average molecular weight is 396 g/mol. The Morgan fingerprint density at radius 3 is 2.54 bits per heavy atom. The zero-order valence-electron chi connectivity index (χ0n) is 15.5. The topological polar surface area (TPSA) is 86.9 Å². The zero-order valence-corrected chi connectivity index (χ0v) is 16.3. The Kier molecular flexibility index (Phi) is 5.05. The van der Waals surface area contributed by atoms with Gasteiger partial charge in [0.1, 0.15) is 11.6 Å². The molecule has 3 N–H and O–H groups in total. The molecule has 144 valence electrons. The van der Waals surface area contributed by atoms with Gasteiger partial charge < -0.3 is 10.3 Å². The Bertz CT molecular complexity index is 992. The number of rotatable bonds is 5. The van der Waals surface area contributed by atoms with Crippen LogP contribution in [0.2, 0.25) is 0 Å². The predicted octanol–water partition coefficient (Wildman–Crippen LogP) is 4.09. The highest BCUT2D eigenvalue weighted by Gasteiger charge is 2.37. The summed E-state index contributed by atoms with van der Waals surface area (Å²) in [6.07, 6.45) is 6.00. The number of nitrogen functional groups attached to an aromatic ring is 1. The van der Waals surface area contributed by atoms with Gasteiger partial charge in [0, 0.05) is 11.1 Å². The molecule has 1 heterocycles. The fourth-order valence-corrected chi connectivity index (χ4v) is 4.67. The summed E-state index contributed by atoms with van der Waals surface area (Å²) in [6.45, 7) is 2.08. The lowest BCUT2D eigenvalue weighted by Crippen LogP contribution is -2.50. The van der Waals surface area contributed by atoms with Crippen molar-refractivity contribution in [3.05, 3.63) is 60.7 Å². The molecule has 1 atom stereocenters. The van der Waals surface area contributed by atoms with Crippen LogP contribution in [-0.2, 0) is 11.4 Å². The molecule has 0 saturated heterocycles. The Labute approximate surface area is 166 Å². The molecule has 1 aromatic heterocycles. The summed E-state index contributed by atoms with van der Waals surface area (Å²) in [5, 5.41) is 0. The van der Waals surface area contributed by atoms with Gasteiger partial charge >= 0.3 is 0 Å². The van der Waals surface area contributed by atoms with Crippen molar-refractivity contribution in [2.24, 2.45) is 0 Å². The van der Waals surface area contributed by atoms with Gasteiger partial charge in [-0.15, -0.1) is 4.72 Å². The molecule has 1 fully saturated rings. The molecule has 4 rings (SSSR count). The first kappa shape index (κ1) is 18.9. The van der Waals surface area contributed by atoms with E-state index >= 15 is 0 Å². The smallest absolute Gasteiger partial charge is 0.181 e. The normalized spacial score (nSPS) is 16.4. The van der Waals surface area contributed by atoms with E-state index in [9.17, 15) is 8.94 Å². The Morgan fingerprint density at radius 2 is 1.89 bits per heavy atom. The van der Waals surface area contributed by atoms with Crippen molar-refractivity contribution < 1.29 is 8.94 Å². The van der Waals surface area contributed by atoms with Gasteiger partial charge in [-0.3, -0.25) is 4.98 Å². The van der Waals surface area contributed by atoms with Crippen molar-refractivity contribution in [3.8, 4) is 22.4 Å². The summed E-state index contributed by atoms with van der Waals surface area (Å²) in [4.78, 5) is 8.74. The van der Waals surface area contributed by atoms with E-state index in [2.05, 4.69) is 21.6 Å². The molecular formula is C21H21FN4OS. The second-order valence-corrected chi connectivity index (χ2v) is 8.48. The van der Waals surface area contributed by atoms with Crippen LogP contribution in [0.5, 0.6) is 0 Å². The number of anilines is 1. The van der Waals surface area contributed by atoms with Crippen molar-refractivity contribution in [2.45, 2.75) is 36.6 Å². The van der Waals surface area contributed by atoms with Crippen LogP contribution in [0.4, 0.5) is 10.2 Å². The van der Waals surface area contributed by atoms with Crippen LogP contribution in [0.1, 0.15) is 26.2 Å². The van der Waals surface area contributed by atoms with Gasteiger partial charge in [0.2, 0.25) is 0 Å². The number of hydrogen-bond acceptors (Lipinski definition) is 5.